The average Bonchev–Trinajstić information content (AvgIpc) is 2.87. The zero-order chi connectivity index (χ0) is 13.9. The largest absolute Gasteiger partial charge is 0.392 e. The Morgan fingerprint density at radius 3 is 3.05 bits per heavy atom. The van der Waals surface area contributed by atoms with Crippen LogP contribution < -0.4 is 5.32 Å². The summed E-state index contributed by atoms with van der Waals surface area (Å²) in [6.45, 7) is 3.88. The van der Waals surface area contributed by atoms with Gasteiger partial charge in [-0.3, -0.25) is 0 Å². The molecule has 20 heavy (non-hydrogen) atoms. The Morgan fingerprint density at radius 2 is 2.20 bits per heavy atom. The molecule has 3 rings (SSSR count). The van der Waals surface area contributed by atoms with Gasteiger partial charge in [-0.05, 0) is 60.6 Å². The van der Waals surface area contributed by atoms with Gasteiger partial charge in [0.2, 0.25) is 0 Å². The highest BCUT2D eigenvalue weighted by molar-refractivity contribution is 5.45. The fourth-order valence-electron chi connectivity index (χ4n) is 4.10. The molecule has 0 saturated carbocycles. The molecule has 0 unspecified atom stereocenters. The first kappa shape index (κ1) is 14.1. The van der Waals surface area contributed by atoms with Crippen molar-refractivity contribution in [3.8, 4) is 0 Å². The Kier molecular flexibility index (Phi) is 4.42. The van der Waals surface area contributed by atoms with Crippen LogP contribution in [0.3, 0.4) is 0 Å². The van der Waals surface area contributed by atoms with Crippen LogP contribution in [0.15, 0.2) is 18.2 Å². The number of benzene rings is 1. The van der Waals surface area contributed by atoms with Gasteiger partial charge in [-0.1, -0.05) is 31.5 Å². The minimum atomic E-state index is -0.183. The molecule has 0 saturated heterocycles. The number of aliphatic hydroxyl groups is 1. The second-order valence-corrected chi connectivity index (χ2v) is 6.53. The van der Waals surface area contributed by atoms with E-state index in [-0.39, 0.29) is 6.10 Å². The van der Waals surface area contributed by atoms with Crippen LogP contribution in [0, 0.1) is 0 Å². The lowest BCUT2D eigenvalue weighted by Crippen LogP contribution is -2.31. The molecule has 0 bridgehead atoms. The average molecular weight is 273 g/mol. The van der Waals surface area contributed by atoms with Crippen molar-refractivity contribution in [2.45, 2.75) is 63.4 Å². The summed E-state index contributed by atoms with van der Waals surface area (Å²) in [5.41, 5.74) is 4.87. The number of nitrogens with one attached hydrogen (secondary N) is 1. The van der Waals surface area contributed by atoms with E-state index in [4.69, 9.17) is 0 Å². The Morgan fingerprint density at radius 1 is 1.30 bits per heavy atom. The summed E-state index contributed by atoms with van der Waals surface area (Å²) in [5, 5.41) is 13.3. The minimum absolute atomic E-state index is 0.183. The van der Waals surface area contributed by atoms with E-state index < -0.39 is 0 Å². The minimum Gasteiger partial charge on any atom is -0.392 e. The van der Waals surface area contributed by atoms with Crippen LogP contribution in [0.5, 0.6) is 0 Å². The van der Waals surface area contributed by atoms with Crippen molar-refractivity contribution < 1.29 is 5.11 Å². The van der Waals surface area contributed by atoms with E-state index in [0.29, 0.717) is 5.92 Å². The van der Waals surface area contributed by atoms with Gasteiger partial charge in [0.05, 0.1) is 6.10 Å². The summed E-state index contributed by atoms with van der Waals surface area (Å²) in [5.74, 6) is 1.48. The lowest BCUT2D eigenvalue weighted by molar-refractivity contribution is 0.160. The van der Waals surface area contributed by atoms with Gasteiger partial charge < -0.3 is 10.4 Å². The molecule has 0 aliphatic heterocycles. The monoisotopic (exact) mass is 273 g/mol. The van der Waals surface area contributed by atoms with E-state index in [1.807, 2.05) is 0 Å². The maximum Gasteiger partial charge on any atom is 0.0664 e. The first-order chi connectivity index (χ1) is 9.79. The smallest absolute Gasteiger partial charge is 0.0664 e. The number of aryl methyl sites for hydroxylation is 1. The number of rotatable bonds is 6. The molecule has 2 N–H and O–H groups in total. The van der Waals surface area contributed by atoms with Gasteiger partial charge in [-0.25, -0.2) is 0 Å². The SMILES string of the molecule is CCC[C@@H](O)CNC[C@@H]1CC[C@@H]2CCc3cccc1c32. The molecular weight excluding hydrogens is 246 g/mol. The first-order valence-electron chi connectivity index (χ1n) is 8.30. The summed E-state index contributed by atoms with van der Waals surface area (Å²) in [6, 6.07) is 6.89. The zero-order valence-corrected chi connectivity index (χ0v) is 12.6. The van der Waals surface area contributed by atoms with Crippen molar-refractivity contribution in [2.24, 2.45) is 0 Å². The van der Waals surface area contributed by atoms with Gasteiger partial charge in [-0.2, -0.15) is 0 Å². The standard InChI is InChI=1S/C18H27NO/c1-2-4-16(20)12-19-11-15-10-9-14-8-7-13-5-3-6-17(15)18(13)14/h3,5-6,14-16,19-20H,2,4,7-12H2,1H3/t14-,15-,16+/m0/s1. The second-order valence-electron chi connectivity index (χ2n) is 6.53. The number of hydrogen-bond donors (Lipinski definition) is 2. The molecule has 0 aromatic heterocycles. The van der Waals surface area contributed by atoms with Gasteiger partial charge in [0.25, 0.3) is 0 Å². The zero-order valence-electron chi connectivity index (χ0n) is 12.6. The van der Waals surface area contributed by atoms with Crippen LogP contribution in [0.4, 0.5) is 0 Å². The maximum absolute atomic E-state index is 9.81. The normalized spacial score (nSPS) is 25.5. The van der Waals surface area contributed by atoms with Gasteiger partial charge in [0.1, 0.15) is 0 Å². The highest BCUT2D eigenvalue weighted by Crippen LogP contribution is 2.46. The second kappa shape index (κ2) is 6.28. The van der Waals surface area contributed by atoms with Crippen LogP contribution in [-0.2, 0) is 6.42 Å². The number of aliphatic hydroxyl groups excluding tert-OH is 1. The van der Waals surface area contributed by atoms with E-state index in [9.17, 15) is 5.11 Å². The molecule has 0 amide bonds. The van der Waals surface area contributed by atoms with Gasteiger partial charge >= 0.3 is 0 Å². The molecule has 110 valence electrons. The third kappa shape index (κ3) is 2.77. The molecule has 2 heteroatoms. The lowest BCUT2D eigenvalue weighted by Gasteiger charge is -2.30. The Bertz CT molecular complexity index is 457. The molecular formula is C18H27NO. The topological polar surface area (TPSA) is 32.3 Å². The summed E-state index contributed by atoms with van der Waals surface area (Å²) < 4.78 is 0. The summed E-state index contributed by atoms with van der Waals surface area (Å²) >= 11 is 0. The van der Waals surface area contributed by atoms with Crippen LogP contribution >= 0.6 is 0 Å². The first-order valence-corrected chi connectivity index (χ1v) is 8.30. The molecule has 2 nitrogen and oxygen atoms in total. The fourth-order valence-corrected chi connectivity index (χ4v) is 4.10. The van der Waals surface area contributed by atoms with Crippen LogP contribution in [0.1, 0.15) is 67.6 Å². The number of hydrogen-bond acceptors (Lipinski definition) is 2. The van der Waals surface area contributed by atoms with Gasteiger partial charge in [-0.15, -0.1) is 0 Å². The molecule has 1 aromatic rings. The van der Waals surface area contributed by atoms with E-state index >= 15 is 0 Å². The predicted molar refractivity (Wildman–Crippen MR) is 83.3 cm³/mol. The summed E-state index contributed by atoms with van der Waals surface area (Å²) in [6.07, 6.45) is 7.08. The van der Waals surface area contributed by atoms with Crippen molar-refractivity contribution in [1.29, 1.82) is 0 Å². The van der Waals surface area contributed by atoms with Crippen molar-refractivity contribution in [3.63, 3.8) is 0 Å². The summed E-state index contributed by atoms with van der Waals surface area (Å²) in [7, 11) is 0. The van der Waals surface area contributed by atoms with Crippen molar-refractivity contribution in [1.82, 2.24) is 5.32 Å². The maximum atomic E-state index is 9.81. The fraction of sp³-hybridized carbons (Fsp3) is 0.667. The highest BCUT2D eigenvalue weighted by atomic mass is 16.3. The van der Waals surface area contributed by atoms with Gasteiger partial charge in [0.15, 0.2) is 0 Å². The van der Waals surface area contributed by atoms with E-state index in [1.165, 1.54) is 25.7 Å². The summed E-state index contributed by atoms with van der Waals surface area (Å²) in [4.78, 5) is 0. The molecule has 0 spiro atoms. The Hall–Kier alpha value is -0.860. The van der Waals surface area contributed by atoms with Crippen molar-refractivity contribution in [2.75, 3.05) is 13.1 Å². The van der Waals surface area contributed by atoms with E-state index in [0.717, 1.165) is 31.8 Å². The molecule has 0 fully saturated rings. The van der Waals surface area contributed by atoms with E-state index in [2.05, 4.69) is 30.4 Å². The van der Waals surface area contributed by atoms with Crippen molar-refractivity contribution in [3.05, 3.63) is 34.9 Å². The highest BCUT2D eigenvalue weighted by Gasteiger charge is 2.32. The molecule has 2 aliphatic rings. The van der Waals surface area contributed by atoms with Crippen LogP contribution in [0.2, 0.25) is 0 Å². The molecule has 2 aliphatic carbocycles. The molecule has 0 radical (unpaired) electrons. The van der Waals surface area contributed by atoms with E-state index in [1.54, 1.807) is 16.7 Å². The predicted octanol–water partition coefficient (Wildman–Crippen LogP) is 3.34. The Labute approximate surface area is 122 Å². The van der Waals surface area contributed by atoms with Gasteiger partial charge in [0, 0.05) is 13.1 Å². The lowest BCUT2D eigenvalue weighted by atomic mass is 9.77. The molecule has 3 atom stereocenters. The van der Waals surface area contributed by atoms with Crippen LogP contribution in [-0.4, -0.2) is 24.3 Å². The van der Waals surface area contributed by atoms with Crippen LogP contribution in [0.25, 0.3) is 0 Å². The van der Waals surface area contributed by atoms with Crippen molar-refractivity contribution >= 4 is 0 Å². The molecule has 0 heterocycles. The third-order valence-corrected chi connectivity index (χ3v) is 5.10. The Balaban J connectivity index is 1.62. The molecule has 1 aromatic carbocycles. The third-order valence-electron chi connectivity index (χ3n) is 5.10. The quantitative estimate of drug-likeness (QED) is 0.833.